The fraction of sp³-hybridized carbons (Fsp3) is 0.200. The molecule has 0 unspecified atom stereocenters. The molecule has 0 aliphatic heterocycles. The van der Waals surface area contributed by atoms with Crippen molar-refractivity contribution in [3.63, 3.8) is 0 Å². The van der Waals surface area contributed by atoms with E-state index in [1.165, 1.54) is 6.08 Å². The summed E-state index contributed by atoms with van der Waals surface area (Å²) in [4.78, 5) is 14.0. The average molecular weight is 266 g/mol. The van der Waals surface area contributed by atoms with Crippen LogP contribution in [0.5, 0.6) is 0 Å². The van der Waals surface area contributed by atoms with Gasteiger partial charge in [-0.25, -0.2) is 9.78 Å². The first kappa shape index (κ1) is 13.5. The Morgan fingerprint density at radius 2 is 2.12 bits per heavy atom. The zero-order valence-electron chi connectivity index (χ0n) is 8.33. The van der Waals surface area contributed by atoms with E-state index < -0.39 is 17.8 Å². The lowest BCUT2D eigenvalue weighted by molar-refractivity contribution is -0.141. The van der Waals surface area contributed by atoms with Gasteiger partial charge in [-0.15, -0.1) is 11.6 Å². The highest BCUT2D eigenvalue weighted by molar-refractivity contribution is 6.19. The molecule has 3 nitrogen and oxygen atoms in total. The largest absolute Gasteiger partial charge is 0.478 e. The minimum absolute atomic E-state index is 0.0526. The molecule has 0 saturated heterocycles. The molecule has 0 aliphatic carbocycles. The van der Waals surface area contributed by atoms with Crippen LogP contribution in [0.1, 0.15) is 21.7 Å². The molecule has 1 aromatic rings. The first-order chi connectivity index (χ1) is 7.86. The van der Waals surface area contributed by atoms with Crippen LogP contribution in [0.3, 0.4) is 0 Å². The van der Waals surface area contributed by atoms with Crippen molar-refractivity contribution < 1.29 is 23.1 Å². The zero-order chi connectivity index (χ0) is 13.1. The molecule has 0 aliphatic rings. The minimum atomic E-state index is -4.61. The number of pyridine rings is 1. The topological polar surface area (TPSA) is 50.2 Å². The van der Waals surface area contributed by atoms with E-state index in [0.717, 1.165) is 12.1 Å². The number of hydrogen-bond donors (Lipinski definition) is 1. The van der Waals surface area contributed by atoms with Crippen LogP contribution in [-0.4, -0.2) is 21.9 Å². The molecule has 1 heterocycles. The van der Waals surface area contributed by atoms with Gasteiger partial charge in [0.05, 0.1) is 11.3 Å². The lowest BCUT2D eigenvalue weighted by Gasteiger charge is -2.08. The molecular formula is C10H7ClF3NO2. The van der Waals surface area contributed by atoms with Gasteiger partial charge in [0.1, 0.15) is 5.69 Å². The summed E-state index contributed by atoms with van der Waals surface area (Å²) < 4.78 is 37.1. The molecule has 0 atom stereocenters. The smallest absolute Gasteiger partial charge is 0.433 e. The monoisotopic (exact) mass is 265 g/mol. The maximum Gasteiger partial charge on any atom is 0.433 e. The molecule has 0 spiro atoms. The predicted octanol–water partition coefficient (Wildman–Crippen LogP) is 3.05. The number of allylic oxidation sites excluding steroid dienone is 1. The molecule has 0 aromatic carbocycles. The van der Waals surface area contributed by atoms with Gasteiger partial charge in [0, 0.05) is 5.88 Å². The van der Waals surface area contributed by atoms with E-state index in [1.807, 2.05) is 0 Å². The molecule has 7 heteroatoms. The van der Waals surface area contributed by atoms with Crippen LogP contribution < -0.4 is 0 Å². The fourth-order valence-electron chi connectivity index (χ4n) is 1.10. The summed E-state index contributed by atoms with van der Waals surface area (Å²) in [5.74, 6) is -1.29. The van der Waals surface area contributed by atoms with Crippen LogP contribution >= 0.6 is 11.6 Å². The van der Waals surface area contributed by atoms with Crippen molar-refractivity contribution in [2.75, 3.05) is 5.88 Å². The summed E-state index contributed by atoms with van der Waals surface area (Å²) in [6.45, 7) is 0. The van der Waals surface area contributed by atoms with Crippen LogP contribution in [0.4, 0.5) is 13.2 Å². The van der Waals surface area contributed by atoms with Crippen molar-refractivity contribution in [1.29, 1.82) is 0 Å². The number of hydrogen-bond acceptors (Lipinski definition) is 2. The fourth-order valence-corrected chi connectivity index (χ4v) is 1.19. The van der Waals surface area contributed by atoms with Crippen LogP contribution in [-0.2, 0) is 6.18 Å². The van der Waals surface area contributed by atoms with Crippen LogP contribution in [0.25, 0.3) is 6.08 Å². The van der Waals surface area contributed by atoms with Gasteiger partial charge in [-0.2, -0.15) is 13.2 Å². The number of carbonyl (C=O) groups is 1. The van der Waals surface area contributed by atoms with E-state index in [1.54, 1.807) is 0 Å². The molecule has 1 rings (SSSR count). The molecule has 92 valence electrons. The molecule has 0 fully saturated rings. The van der Waals surface area contributed by atoms with E-state index >= 15 is 0 Å². The summed E-state index contributed by atoms with van der Waals surface area (Å²) in [6, 6.07) is 1.49. The van der Waals surface area contributed by atoms with Gasteiger partial charge in [-0.1, -0.05) is 6.08 Å². The summed E-state index contributed by atoms with van der Waals surface area (Å²) in [5, 5.41) is 8.77. The van der Waals surface area contributed by atoms with Crippen LogP contribution in [0.15, 0.2) is 18.2 Å². The van der Waals surface area contributed by atoms with Crippen molar-refractivity contribution in [3.8, 4) is 0 Å². The minimum Gasteiger partial charge on any atom is -0.478 e. The van der Waals surface area contributed by atoms with Crippen molar-refractivity contribution in [2.24, 2.45) is 0 Å². The van der Waals surface area contributed by atoms with E-state index in [9.17, 15) is 18.0 Å². The van der Waals surface area contributed by atoms with Gasteiger partial charge in [-0.3, -0.25) is 0 Å². The second kappa shape index (κ2) is 5.18. The number of nitrogens with zero attached hydrogens (tertiary/aromatic N) is 1. The summed E-state index contributed by atoms with van der Waals surface area (Å²) in [6.07, 6.45) is -2.15. The highest BCUT2D eigenvalue weighted by atomic mass is 35.5. The average Bonchev–Trinajstić information content (AvgIpc) is 2.24. The number of halogens is 4. The van der Waals surface area contributed by atoms with Gasteiger partial charge in [-0.05, 0) is 18.2 Å². The molecule has 0 bridgehead atoms. The first-order valence-electron chi connectivity index (χ1n) is 4.40. The Hall–Kier alpha value is -1.56. The van der Waals surface area contributed by atoms with E-state index in [0.29, 0.717) is 6.07 Å². The maximum absolute atomic E-state index is 12.4. The predicted molar refractivity (Wildman–Crippen MR) is 56.0 cm³/mol. The van der Waals surface area contributed by atoms with Gasteiger partial charge in [0.2, 0.25) is 0 Å². The Kier molecular flexibility index (Phi) is 4.11. The highest BCUT2D eigenvalue weighted by Gasteiger charge is 2.33. The number of rotatable bonds is 3. The maximum atomic E-state index is 12.4. The van der Waals surface area contributed by atoms with Crippen molar-refractivity contribution in [2.45, 2.75) is 6.18 Å². The van der Waals surface area contributed by atoms with Crippen molar-refractivity contribution in [1.82, 2.24) is 4.98 Å². The van der Waals surface area contributed by atoms with E-state index in [4.69, 9.17) is 16.7 Å². The quantitative estimate of drug-likeness (QED) is 0.855. The molecular weight excluding hydrogens is 259 g/mol. The second-order valence-corrected chi connectivity index (χ2v) is 3.30. The Morgan fingerprint density at radius 3 is 2.59 bits per heavy atom. The Balaban J connectivity index is 3.29. The number of aromatic nitrogens is 1. The Morgan fingerprint density at radius 1 is 1.47 bits per heavy atom. The molecule has 0 amide bonds. The summed E-state index contributed by atoms with van der Waals surface area (Å²) >= 11 is 5.33. The number of aromatic carboxylic acids is 1. The number of carboxylic acids is 1. The standard InChI is InChI=1S/C10H7ClF3NO2/c11-5-1-2-7-6(9(16)17)3-4-8(15-7)10(12,13)14/h1-4H,5H2,(H,16,17)/b2-1+. The summed E-state index contributed by atoms with van der Waals surface area (Å²) in [7, 11) is 0. The van der Waals surface area contributed by atoms with Crippen molar-refractivity contribution in [3.05, 3.63) is 35.2 Å². The SMILES string of the molecule is O=C(O)c1ccc(C(F)(F)F)nc1/C=C/CCl. The number of carboxylic acid groups (broad SMARTS) is 1. The van der Waals surface area contributed by atoms with E-state index in [-0.39, 0.29) is 17.1 Å². The Bertz CT molecular complexity index is 457. The zero-order valence-corrected chi connectivity index (χ0v) is 9.09. The van der Waals surface area contributed by atoms with Crippen molar-refractivity contribution >= 4 is 23.6 Å². The van der Waals surface area contributed by atoms with Crippen LogP contribution in [0.2, 0.25) is 0 Å². The van der Waals surface area contributed by atoms with Gasteiger partial charge < -0.3 is 5.11 Å². The van der Waals surface area contributed by atoms with E-state index in [2.05, 4.69) is 4.98 Å². The normalized spacial score (nSPS) is 12.0. The lowest BCUT2D eigenvalue weighted by atomic mass is 10.1. The third-order valence-corrected chi connectivity index (χ3v) is 1.99. The van der Waals surface area contributed by atoms with Gasteiger partial charge >= 0.3 is 12.1 Å². The second-order valence-electron chi connectivity index (χ2n) is 2.99. The highest BCUT2D eigenvalue weighted by Crippen LogP contribution is 2.28. The third-order valence-electron chi connectivity index (χ3n) is 1.81. The van der Waals surface area contributed by atoms with Crippen LogP contribution in [0, 0.1) is 0 Å². The summed E-state index contributed by atoms with van der Waals surface area (Å²) in [5.41, 5.74) is -1.72. The molecule has 1 aromatic heterocycles. The first-order valence-corrected chi connectivity index (χ1v) is 4.93. The molecule has 1 N–H and O–H groups in total. The van der Waals surface area contributed by atoms with Gasteiger partial charge in [0.15, 0.2) is 0 Å². The lowest BCUT2D eigenvalue weighted by Crippen LogP contribution is -2.11. The Labute approximate surface area is 99.5 Å². The third kappa shape index (κ3) is 3.45. The molecule has 17 heavy (non-hydrogen) atoms. The van der Waals surface area contributed by atoms with Gasteiger partial charge in [0.25, 0.3) is 0 Å². The molecule has 0 radical (unpaired) electrons. The number of alkyl halides is 4. The molecule has 0 saturated carbocycles.